The van der Waals surface area contributed by atoms with Crippen LogP contribution in [0.15, 0.2) is 84.9 Å². The van der Waals surface area contributed by atoms with Crippen molar-refractivity contribution in [3.05, 3.63) is 118 Å². The summed E-state index contributed by atoms with van der Waals surface area (Å²) in [5.41, 5.74) is 8.87. The summed E-state index contributed by atoms with van der Waals surface area (Å²) in [4.78, 5) is 0. The molecule has 0 aliphatic heterocycles. The summed E-state index contributed by atoms with van der Waals surface area (Å²) < 4.78 is 3.25. The van der Waals surface area contributed by atoms with Crippen LogP contribution >= 0.6 is 0 Å². The Kier molecular flexibility index (Phi) is 17.9. The van der Waals surface area contributed by atoms with Crippen molar-refractivity contribution in [3.8, 4) is 0 Å². The van der Waals surface area contributed by atoms with Gasteiger partial charge in [0.1, 0.15) is 0 Å². The number of hydrogen-bond donors (Lipinski definition) is 6. The molecule has 242 valence electrons. The van der Waals surface area contributed by atoms with E-state index in [1.165, 1.54) is 25.7 Å². The Hall–Kier alpha value is -2.88. The van der Waals surface area contributed by atoms with Crippen LogP contribution in [0, 0.1) is 27.7 Å². The number of hydrogen-bond acceptors (Lipinski definition) is 6. The first kappa shape index (κ1) is 38.3. The molecule has 6 N–H and O–H groups in total. The van der Waals surface area contributed by atoms with Gasteiger partial charge in [0.05, 0.1) is 0 Å². The van der Waals surface area contributed by atoms with Gasteiger partial charge in [-0.15, -0.1) is 0 Å². The van der Waals surface area contributed by atoms with Gasteiger partial charge in [0.25, 0.3) is 0 Å². The molecule has 7 heteroatoms. The molecule has 2 radical (unpaired) electrons. The minimum atomic E-state index is -1.47. The minimum absolute atomic E-state index is 0.149. The minimum Gasteiger partial charge on any atom is -0.364 e. The van der Waals surface area contributed by atoms with E-state index in [0.29, 0.717) is 22.5 Å². The molecule has 0 heterocycles. The molecule has 0 spiro atoms. The van der Waals surface area contributed by atoms with Gasteiger partial charge in [0, 0.05) is 33.9 Å². The molecule has 0 aromatic heterocycles. The van der Waals surface area contributed by atoms with Gasteiger partial charge in [-0.05, 0) is 62.1 Å². The number of unbranched alkanes of at least 4 members (excludes halogenated alkanes) is 2. The molecule has 0 bridgehead atoms. The van der Waals surface area contributed by atoms with Crippen LogP contribution in [-0.2, 0) is 0 Å². The summed E-state index contributed by atoms with van der Waals surface area (Å²) in [7, 11) is 0. The second kappa shape index (κ2) is 21.0. The summed E-state index contributed by atoms with van der Waals surface area (Å²) in [6, 6.07) is 26.4. The smallest absolute Gasteiger partial charge is 0.180 e. The van der Waals surface area contributed by atoms with Crippen LogP contribution in [0.4, 0.5) is 22.7 Å². The monoisotopic (exact) mass is 720 g/mol. The van der Waals surface area contributed by atoms with Crippen LogP contribution in [0.25, 0.3) is 0 Å². The molecule has 0 saturated heterocycles. The third-order valence-corrected chi connectivity index (χ3v) is 11.4. The van der Waals surface area contributed by atoms with Crippen molar-refractivity contribution in [2.45, 2.75) is 88.7 Å². The molecule has 0 atom stereocenters. The largest absolute Gasteiger partial charge is 0.364 e. The van der Waals surface area contributed by atoms with Crippen LogP contribution < -0.4 is 10.6 Å². The molecular formula is C38H52N2O4Sn. The van der Waals surface area contributed by atoms with Crippen molar-refractivity contribution >= 4 is 43.9 Å². The fourth-order valence-corrected chi connectivity index (χ4v) is 8.85. The van der Waals surface area contributed by atoms with E-state index in [2.05, 4.69) is 24.5 Å². The van der Waals surface area contributed by atoms with Crippen molar-refractivity contribution in [2.24, 2.45) is 0 Å². The Bertz CT molecular complexity index is 1280. The van der Waals surface area contributed by atoms with Gasteiger partial charge >= 0.3 is 69.5 Å². The maximum absolute atomic E-state index is 9.34. The summed E-state index contributed by atoms with van der Waals surface area (Å²) in [5.74, 6) is 0. The van der Waals surface area contributed by atoms with Gasteiger partial charge in [0.15, 0.2) is 12.6 Å². The maximum atomic E-state index is 9.34. The van der Waals surface area contributed by atoms with Gasteiger partial charge in [-0.3, -0.25) is 0 Å². The molecule has 0 aliphatic carbocycles. The SMILES string of the molecule is CCC[CH2][Sn][CH2]CCC.Cc1cccc(C)c1Nc1ccccc1C(O)O.Cc1cccc(C)c1Nc1ccccc1C(O)O. The molecule has 4 rings (SSSR count). The van der Waals surface area contributed by atoms with E-state index in [9.17, 15) is 20.4 Å². The first-order valence-corrected chi connectivity index (χ1v) is 19.9. The van der Waals surface area contributed by atoms with E-state index in [1.54, 1.807) is 33.1 Å². The fourth-order valence-electron chi connectivity index (χ4n) is 4.69. The molecule has 0 aliphatic rings. The third kappa shape index (κ3) is 13.2. The Morgan fingerprint density at radius 3 is 1.16 bits per heavy atom. The van der Waals surface area contributed by atoms with E-state index >= 15 is 0 Å². The summed E-state index contributed by atoms with van der Waals surface area (Å²) in [6.07, 6.45) is 2.89. The van der Waals surface area contributed by atoms with Crippen LogP contribution in [0.2, 0.25) is 8.87 Å². The van der Waals surface area contributed by atoms with Gasteiger partial charge in [-0.1, -0.05) is 72.8 Å². The number of anilines is 4. The van der Waals surface area contributed by atoms with Gasteiger partial charge in [0.2, 0.25) is 0 Å². The van der Waals surface area contributed by atoms with E-state index in [0.717, 1.165) is 33.6 Å². The zero-order chi connectivity index (χ0) is 33.2. The zero-order valence-corrected chi connectivity index (χ0v) is 30.6. The van der Waals surface area contributed by atoms with Crippen LogP contribution in [0.3, 0.4) is 0 Å². The second-order valence-corrected chi connectivity index (χ2v) is 15.4. The van der Waals surface area contributed by atoms with E-state index in [-0.39, 0.29) is 21.1 Å². The van der Waals surface area contributed by atoms with Gasteiger partial charge < -0.3 is 31.1 Å². The first-order valence-electron chi connectivity index (χ1n) is 15.9. The van der Waals surface area contributed by atoms with Crippen molar-refractivity contribution in [1.29, 1.82) is 0 Å². The predicted molar refractivity (Wildman–Crippen MR) is 191 cm³/mol. The Balaban J connectivity index is 0.000000250. The van der Waals surface area contributed by atoms with E-state index in [1.807, 2.05) is 88.4 Å². The molecule has 0 fully saturated rings. The number of rotatable bonds is 12. The van der Waals surface area contributed by atoms with Crippen LogP contribution in [0.5, 0.6) is 0 Å². The van der Waals surface area contributed by atoms with Crippen LogP contribution in [0.1, 0.15) is 85.5 Å². The number of aliphatic hydroxyl groups is 4. The molecular weight excluding hydrogens is 667 g/mol. The van der Waals surface area contributed by atoms with Crippen molar-refractivity contribution in [3.63, 3.8) is 0 Å². The Labute approximate surface area is 280 Å². The number of nitrogens with one attached hydrogen (secondary N) is 2. The summed E-state index contributed by atoms with van der Waals surface area (Å²) in [5, 5.41) is 43.9. The van der Waals surface area contributed by atoms with Crippen LogP contribution in [-0.4, -0.2) is 41.6 Å². The average molecular weight is 720 g/mol. The molecule has 4 aromatic carbocycles. The third-order valence-electron chi connectivity index (χ3n) is 7.37. The van der Waals surface area contributed by atoms with E-state index in [4.69, 9.17) is 0 Å². The molecule has 0 saturated carbocycles. The van der Waals surface area contributed by atoms with Crippen molar-refractivity contribution in [1.82, 2.24) is 0 Å². The summed E-state index contributed by atoms with van der Waals surface area (Å²) >= 11 is 0.149. The molecule has 45 heavy (non-hydrogen) atoms. The normalized spacial score (nSPS) is 10.6. The number of aryl methyl sites for hydroxylation is 4. The molecule has 0 amide bonds. The number of benzene rings is 4. The zero-order valence-electron chi connectivity index (χ0n) is 27.8. The number of para-hydroxylation sites is 4. The maximum Gasteiger partial charge on any atom is 0.180 e. The van der Waals surface area contributed by atoms with Gasteiger partial charge in [-0.2, -0.15) is 0 Å². The standard InChI is InChI=1S/2C15H17NO2.2C4H9.Sn/c2*1-10-6-5-7-11(2)14(10)16-13-9-4-3-8-12(13)15(17)18;2*1-3-4-2;/h2*3-9,15-18H,1-2H3;2*1,3-4H2,2H3;. The predicted octanol–water partition coefficient (Wildman–Crippen LogP) is 9.19. The molecule has 6 nitrogen and oxygen atoms in total. The molecule has 4 aromatic rings. The quantitative estimate of drug-likeness (QED) is 0.0496. The fraction of sp³-hybridized carbons (Fsp3) is 0.368. The number of aliphatic hydroxyl groups excluding tert-OH is 2. The average Bonchev–Trinajstić information content (AvgIpc) is 3.02. The second-order valence-electron chi connectivity index (χ2n) is 11.2. The van der Waals surface area contributed by atoms with Gasteiger partial charge in [-0.25, -0.2) is 0 Å². The van der Waals surface area contributed by atoms with E-state index < -0.39 is 12.6 Å². The van der Waals surface area contributed by atoms with Crippen molar-refractivity contribution in [2.75, 3.05) is 10.6 Å². The Morgan fingerprint density at radius 2 is 0.844 bits per heavy atom. The van der Waals surface area contributed by atoms with Crippen molar-refractivity contribution < 1.29 is 20.4 Å². The molecule has 0 unspecified atom stereocenters. The summed E-state index contributed by atoms with van der Waals surface area (Å²) in [6.45, 7) is 12.7. The Morgan fingerprint density at radius 1 is 0.511 bits per heavy atom. The first-order chi connectivity index (χ1) is 21.6. The topological polar surface area (TPSA) is 105 Å².